The number of hydrogen-bond acceptors (Lipinski definition) is 9. The molecule has 0 saturated carbocycles. The Morgan fingerprint density at radius 1 is 1.04 bits per heavy atom. The van der Waals surface area contributed by atoms with Crippen LogP contribution in [0.15, 0.2) is 60.7 Å². The highest BCUT2D eigenvalue weighted by molar-refractivity contribution is 6.30. The van der Waals surface area contributed by atoms with E-state index in [9.17, 15) is 19.5 Å². The van der Waals surface area contributed by atoms with Crippen molar-refractivity contribution in [3.63, 3.8) is 0 Å². The van der Waals surface area contributed by atoms with E-state index in [4.69, 9.17) is 35.3 Å². The van der Waals surface area contributed by atoms with Crippen molar-refractivity contribution in [2.75, 3.05) is 52.0 Å². The van der Waals surface area contributed by atoms with Crippen LogP contribution in [0.2, 0.25) is 5.02 Å². The molecule has 0 radical (unpaired) electrons. The number of rotatable bonds is 15. The Hall–Kier alpha value is -4.32. The fourth-order valence-electron chi connectivity index (χ4n) is 5.39. The third kappa shape index (κ3) is 9.18. The summed E-state index contributed by atoms with van der Waals surface area (Å²) in [6.07, 6.45) is -1.76. The number of anilines is 1. The highest BCUT2D eigenvalue weighted by atomic mass is 35.5. The number of hydrogen-bond donors (Lipinski definition) is 2. The van der Waals surface area contributed by atoms with Crippen LogP contribution in [0.5, 0.6) is 17.2 Å². The Balaban J connectivity index is 1.56. The van der Waals surface area contributed by atoms with Gasteiger partial charge in [0.25, 0.3) is 5.91 Å². The standard InChI is InChI=1S/C36H43ClN2O9/c1-6-46-32(42)20-47-25-13-10-23(11-14-25)16-17-38-31(41)19-30-35(43)39(21-36(2,3)22-40)28-15-12-24(37)18-27(28)33(48-30)26-8-7-9-29(44-4)34(26)45-5/h7-15,18,30,33,40H,6,16-17,19-22H2,1-5H3,(H,38,41)/t30-,33-/m1/s1. The summed E-state index contributed by atoms with van der Waals surface area (Å²) >= 11 is 6.49. The molecule has 258 valence electrons. The van der Waals surface area contributed by atoms with Gasteiger partial charge in [-0.25, -0.2) is 4.79 Å². The maximum Gasteiger partial charge on any atom is 0.344 e. The van der Waals surface area contributed by atoms with Gasteiger partial charge in [0.2, 0.25) is 5.91 Å². The number of aliphatic hydroxyl groups excluding tert-OH is 1. The minimum absolute atomic E-state index is 0.167. The summed E-state index contributed by atoms with van der Waals surface area (Å²) in [6.45, 7) is 5.85. The van der Waals surface area contributed by atoms with Crippen LogP contribution >= 0.6 is 11.6 Å². The number of halogens is 1. The zero-order valence-electron chi connectivity index (χ0n) is 27.9. The quantitative estimate of drug-likeness (QED) is 0.215. The second-order valence-corrected chi connectivity index (χ2v) is 12.5. The lowest BCUT2D eigenvalue weighted by Gasteiger charge is -2.32. The first-order valence-corrected chi connectivity index (χ1v) is 16.1. The van der Waals surface area contributed by atoms with Crippen LogP contribution in [0.3, 0.4) is 0 Å². The number of benzene rings is 3. The molecule has 3 aromatic carbocycles. The van der Waals surface area contributed by atoms with Gasteiger partial charge in [-0.3, -0.25) is 9.59 Å². The second kappa shape index (κ2) is 16.7. The van der Waals surface area contributed by atoms with Crippen LogP contribution in [0.25, 0.3) is 0 Å². The van der Waals surface area contributed by atoms with Crippen molar-refractivity contribution in [2.45, 2.75) is 45.8 Å². The fraction of sp³-hybridized carbons (Fsp3) is 0.417. The largest absolute Gasteiger partial charge is 0.493 e. The van der Waals surface area contributed by atoms with Gasteiger partial charge in [0.15, 0.2) is 18.1 Å². The number of para-hydroxylation sites is 1. The monoisotopic (exact) mass is 682 g/mol. The summed E-state index contributed by atoms with van der Waals surface area (Å²) in [6, 6.07) is 17.7. The molecule has 12 heteroatoms. The number of nitrogens with zero attached hydrogens (tertiary/aromatic N) is 1. The molecule has 0 bridgehead atoms. The summed E-state index contributed by atoms with van der Waals surface area (Å²) in [5, 5.41) is 13.4. The van der Waals surface area contributed by atoms with Crippen LogP contribution < -0.4 is 24.4 Å². The van der Waals surface area contributed by atoms with Crippen LogP contribution in [0, 0.1) is 5.41 Å². The smallest absolute Gasteiger partial charge is 0.344 e. The maximum atomic E-state index is 14.2. The molecular formula is C36H43ClN2O9. The van der Waals surface area contributed by atoms with Crippen LogP contribution in [0.4, 0.5) is 5.69 Å². The average molecular weight is 683 g/mol. The lowest BCUT2D eigenvalue weighted by atomic mass is 9.92. The Morgan fingerprint density at radius 2 is 1.79 bits per heavy atom. The van der Waals surface area contributed by atoms with Crippen molar-refractivity contribution in [3.05, 3.63) is 82.4 Å². The maximum absolute atomic E-state index is 14.2. The Kier molecular flexibility index (Phi) is 12.7. The normalized spacial score (nSPS) is 16.1. The number of aliphatic hydroxyl groups is 1. The van der Waals surface area contributed by atoms with E-state index in [0.29, 0.717) is 52.1 Å². The summed E-state index contributed by atoms with van der Waals surface area (Å²) in [5.74, 6) is 0.194. The first-order valence-electron chi connectivity index (χ1n) is 15.7. The zero-order valence-corrected chi connectivity index (χ0v) is 28.7. The third-order valence-electron chi connectivity index (χ3n) is 7.83. The van der Waals surface area contributed by atoms with Gasteiger partial charge in [-0.1, -0.05) is 49.7 Å². The molecule has 2 amide bonds. The Labute approximate surface area is 286 Å². The number of carbonyl (C=O) groups is 3. The number of amides is 2. The fourth-order valence-corrected chi connectivity index (χ4v) is 5.57. The van der Waals surface area contributed by atoms with Crippen molar-refractivity contribution in [1.82, 2.24) is 5.32 Å². The van der Waals surface area contributed by atoms with Crippen LogP contribution in [-0.2, 0) is 30.3 Å². The number of ether oxygens (including phenoxy) is 5. The van der Waals surface area contributed by atoms with Gasteiger partial charge in [0, 0.05) is 46.9 Å². The molecule has 0 spiro atoms. The van der Waals surface area contributed by atoms with E-state index in [1.807, 2.05) is 32.0 Å². The first kappa shape index (κ1) is 36.5. The van der Waals surface area contributed by atoms with Crippen molar-refractivity contribution in [2.24, 2.45) is 5.41 Å². The van der Waals surface area contributed by atoms with E-state index in [0.717, 1.165) is 5.56 Å². The zero-order chi connectivity index (χ0) is 34.8. The molecule has 0 fully saturated rings. The van der Waals surface area contributed by atoms with E-state index >= 15 is 0 Å². The molecule has 0 aliphatic carbocycles. The van der Waals surface area contributed by atoms with Crippen molar-refractivity contribution < 1.29 is 43.2 Å². The summed E-state index contributed by atoms with van der Waals surface area (Å²) in [4.78, 5) is 40.7. The molecule has 4 rings (SSSR count). The highest BCUT2D eigenvalue weighted by Crippen LogP contribution is 2.45. The molecule has 1 aliphatic rings. The van der Waals surface area contributed by atoms with Gasteiger partial charge < -0.3 is 39.0 Å². The van der Waals surface area contributed by atoms with E-state index in [-0.39, 0.29) is 38.7 Å². The molecule has 0 aromatic heterocycles. The number of esters is 1. The average Bonchev–Trinajstić information content (AvgIpc) is 3.17. The van der Waals surface area contributed by atoms with Crippen LogP contribution in [0.1, 0.15) is 50.0 Å². The van der Waals surface area contributed by atoms with Gasteiger partial charge in [-0.2, -0.15) is 0 Å². The van der Waals surface area contributed by atoms with Gasteiger partial charge in [-0.05, 0) is 55.3 Å². The molecule has 48 heavy (non-hydrogen) atoms. The summed E-state index contributed by atoms with van der Waals surface area (Å²) in [7, 11) is 3.05. The topological polar surface area (TPSA) is 133 Å². The second-order valence-electron chi connectivity index (χ2n) is 12.1. The Morgan fingerprint density at radius 3 is 2.46 bits per heavy atom. The number of carbonyl (C=O) groups excluding carboxylic acids is 3. The molecule has 1 heterocycles. The molecule has 1 aliphatic heterocycles. The molecule has 0 saturated heterocycles. The summed E-state index contributed by atoms with van der Waals surface area (Å²) in [5.41, 5.74) is 2.03. The minimum atomic E-state index is -1.18. The number of fused-ring (bicyclic) bond motifs is 1. The van der Waals surface area contributed by atoms with Gasteiger partial charge in [0.05, 0.1) is 27.2 Å². The first-order chi connectivity index (χ1) is 23.0. The predicted octanol–water partition coefficient (Wildman–Crippen LogP) is 4.89. The molecular weight excluding hydrogens is 640 g/mol. The molecule has 11 nitrogen and oxygen atoms in total. The lowest BCUT2D eigenvalue weighted by molar-refractivity contribution is -0.145. The molecule has 3 aromatic rings. The Bertz CT molecular complexity index is 1580. The number of nitrogens with one attached hydrogen (secondary N) is 1. The van der Waals surface area contributed by atoms with Gasteiger partial charge in [-0.15, -0.1) is 0 Å². The van der Waals surface area contributed by atoms with Crippen molar-refractivity contribution in [1.29, 1.82) is 0 Å². The predicted molar refractivity (Wildman–Crippen MR) is 181 cm³/mol. The van der Waals surface area contributed by atoms with Gasteiger partial charge >= 0.3 is 5.97 Å². The van der Waals surface area contributed by atoms with E-state index in [1.165, 1.54) is 14.2 Å². The van der Waals surface area contributed by atoms with Gasteiger partial charge in [0.1, 0.15) is 18.0 Å². The van der Waals surface area contributed by atoms with Crippen molar-refractivity contribution >= 4 is 35.1 Å². The summed E-state index contributed by atoms with van der Waals surface area (Å²) < 4.78 is 28.1. The molecule has 0 unspecified atom stereocenters. The number of methoxy groups -OCH3 is 2. The SMILES string of the molecule is CCOC(=O)COc1ccc(CCNC(=O)C[C@H]2O[C@H](c3cccc(OC)c3OC)c3cc(Cl)ccc3N(CC(C)(C)CO)C2=O)cc1. The van der Waals surface area contributed by atoms with E-state index < -0.39 is 29.5 Å². The van der Waals surface area contributed by atoms with E-state index in [2.05, 4.69) is 5.32 Å². The minimum Gasteiger partial charge on any atom is -0.493 e. The third-order valence-corrected chi connectivity index (χ3v) is 8.06. The highest BCUT2D eigenvalue weighted by Gasteiger charge is 2.40. The lowest BCUT2D eigenvalue weighted by Crippen LogP contribution is -2.46. The molecule has 2 N–H and O–H groups in total. The molecule has 2 atom stereocenters. The van der Waals surface area contributed by atoms with E-state index in [1.54, 1.807) is 54.3 Å². The van der Waals surface area contributed by atoms with Crippen molar-refractivity contribution in [3.8, 4) is 17.2 Å². The van der Waals surface area contributed by atoms with Crippen LogP contribution in [-0.4, -0.2) is 76.1 Å².